The van der Waals surface area contributed by atoms with Gasteiger partial charge in [0.15, 0.2) is 0 Å². The molecule has 0 amide bonds. The molecule has 0 bridgehead atoms. The molecule has 5 nitrogen and oxygen atoms in total. The molecule has 0 radical (unpaired) electrons. The summed E-state index contributed by atoms with van der Waals surface area (Å²) < 4.78 is 0. The van der Waals surface area contributed by atoms with Gasteiger partial charge in [-0.1, -0.05) is 46.5 Å². The Bertz CT molecular complexity index is 261. The molecule has 2 N–H and O–H groups in total. The van der Waals surface area contributed by atoms with Crippen LogP contribution >= 0.6 is 0 Å². The molecule has 0 rings (SSSR count). The molecule has 0 heterocycles. The van der Waals surface area contributed by atoms with Crippen LogP contribution in [0.1, 0.15) is 91.4 Å². The van der Waals surface area contributed by atoms with Crippen LogP contribution in [0.15, 0.2) is 0 Å². The van der Waals surface area contributed by atoms with E-state index in [-0.39, 0.29) is 12.8 Å². The second-order valence-electron chi connectivity index (χ2n) is 6.25. The summed E-state index contributed by atoms with van der Waals surface area (Å²) in [4.78, 5) is 22.8. The maximum Gasteiger partial charge on any atom is 0.303 e. The van der Waals surface area contributed by atoms with E-state index >= 15 is 0 Å². The molecule has 0 unspecified atom stereocenters. The molecule has 24 heavy (non-hydrogen) atoms. The maximum atomic E-state index is 10.1. The zero-order valence-electron chi connectivity index (χ0n) is 16.1. The molecular formula is C19H39NO4. The van der Waals surface area contributed by atoms with Crippen LogP contribution in [0.2, 0.25) is 0 Å². The van der Waals surface area contributed by atoms with Gasteiger partial charge in [0.1, 0.15) is 0 Å². The Hall–Kier alpha value is -1.10. The molecule has 5 heteroatoms. The van der Waals surface area contributed by atoms with Crippen molar-refractivity contribution in [3.05, 3.63) is 0 Å². The first-order chi connectivity index (χ1) is 11.5. The standard InChI is InChI=1S/C10H18O4.C9H21N/c11-9(12)7-5-3-1-2-4-6-8-10(13)14;1-4-7-10(8-5-2)9-6-3/h1-8H2,(H,11,12)(H,13,14);4-9H2,1-3H3. The molecule has 0 aliphatic carbocycles. The van der Waals surface area contributed by atoms with Crippen LogP contribution in [0.5, 0.6) is 0 Å². The number of unbranched alkanes of at least 4 members (excludes halogenated alkanes) is 5. The highest BCUT2D eigenvalue weighted by Gasteiger charge is 1.99. The average molecular weight is 346 g/mol. The van der Waals surface area contributed by atoms with Crippen molar-refractivity contribution in [3.63, 3.8) is 0 Å². The van der Waals surface area contributed by atoms with Crippen molar-refractivity contribution in [2.45, 2.75) is 91.4 Å². The van der Waals surface area contributed by atoms with Crippen molar-refractivity contribution in [1.82, 2.24) is 4.90 Å². The van der Waals surface area contributed by atoms with Gasteiger partial charge in [-0.3, -0.25) is 9.59 Å². The van der Waals surface area contributed by atoms with Gasteiger partial charge >= 0.3 is 11.9 Å². The van der Waals surface area contributed by atoms with Crippen molar-refractivity contribution in [3.8, 4) is 0 Å². The number of rotatable bonds is 15. The highest BCUT2D eigenvalue weighted by Crippen LogP contribution is 2.08. The predicted octanol–water partition coefficient (Wildman–Crippen LogP) is 4.79. The number of carbonyl (C=O) groups is 2. The zero-order valence-corrected chi connectivity index (χ0v) is 16.1. The van der Waals surface area contributed by atoms with Crippen LogP contribution in [-0.4, -0.2) is 46.7 Å². The Kier molecular flexibility index (Phi) is 20.9. The molecule has 0 saturated carbocycles. The average Bonchev–Trinajstić information content (AvgIpc) is 2.51. The summed E-state index contributed by atoms with van der Waals surface area (Å²) in [7, 11) is 0. The van der Waals surface area contributed by atoms with Crippen LogP contribution in [0.3, 0.4) is 0 Å². The van der Waals surface area contributed by atoms with Crippen LogP contribution in [-0.2, 0) is 9.59 Å². The fourth-order valence-corrected chi connectivity index (χ4v) is 2.54. The van der Waals surface area contributed by atoms with Crippen LogP contribution in [0.25, 0.3) is 0 Å². The van der Waals surface area contributed by atoms with Crippen molar-refractivity contribution < 1.29 is 19.8 Å². The van der Waals surface area contributed by atoms with Crippen LogP contribution < -0.4 is 0 Å². The van der Waals surface area contributed by atoms with E-state index < -0.39 is 11.9 Å². The fourth-order valence-electron chi connectivity index (χ4n) is 2.54. The van der Waals surface area contributed by atoms with Crippen LogP contribution in [0.4, 0.5) is 0 Å². The van der Waals surface area contributed by atoms with Crippen molar-refractivity contribution >= 4 is 11.9 Å². The Labute approximate surface area is 148 Å². The predicted molar refractivity (Wildman–Crippen MR) is 99.5 cm³/mol. The third-order valence-electron chi connectivity index (χ3n) is 3.65. The van der Waals surface area contributed by atoms with E-state index in [4.69, 9.17) is 10.2 Å². The lowest BCUT2D eigenvalue weighted by molar-refractivity contribution is -0.138. The highest BCUT2D eigenvalue weighted by atomic mass is 16.4. The van der Waals surface area contributed by atoms with E-state index in [1.54, 1.807) is 0 Å². The molecule has 0 spiro atoms. The van der Waals surface area contributed by atoms with Gasteiger partial charge in [0.2, 0.25) is 0 Å². The molecule has 0 aromatic carbocycles. The van der Waals surface area contributed by atoms with Crippen molar-refractivity contribution in [1.29, 1.82) is 0 Å². The molecule has 0 aliphatic heterocycles. The summed E-state index contributed by atoms with van der Waals surface area (Å²) in [6.45, 7) is 10.6. The molecule has 0 fully saturated rings. The number of nitrogens with zero attached hydrogens (tertiary/aromatic N) is 1. The number of hydrogen-bond donors (Lipinski definition) is 2. The Morgan fingerprint density at radius 1 is 0.625 bits per heavy atom. The Morgan fingerprint density at radius 2 is 0.917 bits per heavy atom. The number of hydrogen-bond acceptors (Lipinski definition) is 3. The van der Waals surface area contributed by atoms with E-state index in [9.17, 15) is 9.59 Å². The first-order valence-electron chi connectivity index (χ1n) is 9.63. The van der Waals surface area contributed by atoms with E-state index in [1.165, 1.54) is 38.9 Å². The molecule has 0 aromatic rings. The Balaban J connectivity index is 0. The molecule has 0 atom stereocenters. The minimum atomic E-state index is -0.740. The number of aliphatic carboxylic acids is 2. The van der Waals surface area contributed by atoms with Crippen molar-refractivity contribution in [2.24, 2.45) is 0 Å². The summed E-state index contributed by atoms with van der Waals surface area (Å²) in [5, 5.41) is 16.7. The zero-order chi connectivity index (χ0) is 18.6. The van der Waals surface area contributed by atoms with Gasteiger partial charge in [0.25, 0.3) is 0 Å². The third-order valence-corrected chi connectivity index (χ3v) is 3.65. The number of carboxylic acid groups (broad SMARTS) is 2. The summed E-state index contributed by atoms with van der Waals surface area (Å²) in [6.07, 6.45) is 9.70. The molecule has 0 saturated heterocycles. The summed E-state index contributed by atoms with van der Waals surface area (Å²) in [5.41, 5.74) is 0. The van der Waals surface area contributed by atoms with Gasteiger partial charge in [-0.2, -0.15) is 0 Å². The van der Waals surface area contributed by atoms with Gasteiger partial charge < -0.3 is 15.1 Å². The first-order valence-corrected chi connectivity index (χ1v) is 9.63. The first kappa shape index (κ1) is 25.1. The second kappa shape index (κ2) is 19.9. The summed E-state index contributed by atoms with van der Waals surface area (Å²) in [5.74, 6) is -1.48. The largest absolute Gasteiger partial charge is 0.481 e. The summed E-state index contributed by atoms with van der Waals surface area (Å²) in [6, 6.07) is 0. The quantitative estimate of drug-likeness (QED) is 0.417. The van der Waals surface area contributed by atoms with E-state index in [0.717, 1.165) is 38.5 Å². The lowest BCUT2D eigenvalue weighted by Gasteiger charge is -2.19. The lowest BCUT2D eigenvalue weighted by atomic mass is 10.1. The molecular weight excluding hydrogens is 306 g/mol. The molecule has 0 aliphatic rings. The van der Waals surface area contributed by atoms with E-state index in [0.29, 0.717) is 0 Å². The highest BCUT2D eigenvalue weighted by molar-refractivity contribution is 5.66. The monoisotopic (exact) mass is 345 g/mol. The van der Waals surface area contributed by atoms with E-state index in [1.807, 2.05) is 0 Å². The van der Waals surface area contributed by atoms with Gasteiger partial charge in [-0.15, -0.1) is 0 Å². The normalized spacial score (nSPS) is 10.3. The Morgan fingerprint density at radius 3 is 1.17 bits per heavy atom. The van der Waals surface area contributed by atoms with Gasteiger partial charge in [0, 0.05) is 12.8 Å². The van der Waals surface area contributed by atoms with Gasteiger partial charge in [0.05, 0.1) is 0 Å². The fraction of sp³-hybridized carbons (Fsp3) is 0.895. The van der Waals surface area contributed by atoms with Gasteiger partial charge in [-0.05, 0) is 51.7 Å². The van der Waals surface area contributed by atoms with Gasteiger partial charge in [-0.25, -0.2) is 0 Å². The second-order valence-corrected chi connectivity index (χ2v) is 6.25. The third kappa shape index (κ3) is 23.2. The lowest BCUT2D eigenvalue weighted by Crippen LogP contribution is -2.25. The molecule has 0 aromatic heterocycles. The maximum absolute atomic E-state index is 10.1. The summed E-state index contributed by atoms with van der Waals surface area (Å²) >= 11 is 0. The number of carboxylic acids is 2. The van der Waals surface area contributed by atoms with Crippen LogP contribution in [0, 0.1) is 0 Å². The SMILES string of the molecule is CCCN(CCC)CCC.O=C(O)CCCCCCCCC(=O)O. The minimum absolute atomic E-state index is 0.245. The molecule has 144 valence electrons. The topological polar surface area (TPSA) is 77.8 Å². The van der Waals surface area contributed by atoms with Crippen molar-refractivity contribution in [2.75, 3.05) is 19.6 Å². The van der Waals surface area contributed by atoms with E-state index in [2.05, 4.69) is 25.7 Å². The smallest absolute Gasteiger partial charge is 0.303 e. The minimum Gasteiger partial charge on any atom is -0.481 e.